The van der Waals surface area contributed by atoms with Crippen LogP contribution in [0, 0.1) is 6.92 Å². The zero-order valence-electron chi connectivity index (χ0n) is 12.8. The number of anilines is 1. The van der Waals surface area contributed by atoms with Crippen LogP contribution in [0.2, 0.25) is 0 Å². The molecule has 1 aromatic rings. The van der Waals surface area contributed by atoms with Gasteiger partial charge in [-0.3, -0.25) is 4.90 Å². The predicted molar refractivity (Wildman–Crippen MR) is 80.9 cm³/mol. The molecule has 1 fully saturated rings. The fourth-order valence-electron chi connectivity index (χ4n) is 2.79. The van der Waals surface area contributed by atoms with Crippen molar-refractivity contribution in [2.75, 3.05) is 25.5 Å². The van der Waals surface area contributed by atoms with Gasteiger partial charge in [-0.2, -0.15) is 0 Å². The number of aryl methyl sites for hydroxylation is 1. The van der Waals surface area contributed by atoms with E-state index in [0.717, 1.165) is 18.7 Å². The van der Waals surface area contributed by atoms with Crippen LogP contribution < -0.4 is 5.32 Å². The number of benzene rings is 1. The van der Waals surface area contributed by atoms with Gasteiger partial charge in [-0.25, -0.2) is 4.79 Å². The van der Waals surface area contributed by atoms with Gasteiger partial charge < -0.3 is 10.1 Å². The Bertz CT molecular complexity index is 487. The molecule has 110 valence electrons. The lowest BCUT2D eigenvalue weighted by atomic mass is 9.98. The number of hydrogen-bond donors (Lipinski definition) is 1. The molecule has 0 spiro atoms. The van der Waals surface area contributed by atoms with E-state index in [9.17, 15) is 4.79 Å². The van der Waals surface area contributed by atoms with Gasteiger partial charge in [-0.15, -0.1) is 0 Å². The van der Waals surface area contributed by atoms with Crippen LogP contribution >= 0.6 is 0 Å². The summed E-state index contributed by atoms with van der Waals surface area (Å²) in [6, 6.07) is 8.53. The number of carbonyl (C=O) groups excluding carboxylic acids is 1. The molecule has 0 radical (unpaired) electrons. The molecule has 20 heavy (non-hydrogen) atoms. The smallest absolute Gasteiger partial charge is 0.332 e. The molecule has 4 heteroatoms. The van der Waals surface area contributed by atoms with Crippen LogP contribution in [0.4, 0.5) is 5.69 Å². The second-order valence-electron chi connectivity index (χ2n) is 5.88. The largest absolute Gasteiger partial charge is 0.467 e. The second kappa shape index (κ2) is 5.83. The molecule has 1 aliphatic heterocycles. The first-order valence-corrected chi connectivity index (χ1v) is 7.14. The summed E-state index contributed by atoms with van der Waals surface area (Å²) >= 11 is 0. The highest BCUT2D eigenvalue weighted by atomic mass is 16.5. The molecule has 1 N–H and O–H groups in total. The molecule has 1 aromatic carbocycles. The summed E-state index contributed by atoms with van der Waals surface area (Å²) in [5.74, 6) is -0.179. The maximum Gasteiger partial charge on any atom is 0.332 e. The minimum Gasteiger partial charge on any atom is -0.467 e. The van der Waals surface area contributed by atoms with E-state index in [1.807, 2.05) is 25.1 Å². The Morgan fingerprint density at radius 2 is 2.20 bits per heavy atom. The molecule has 0 aliphatic carbocycles. The molecule has 1 saturated heterocycles. The van der Waals surface area contributed by atoms with Crippen molar-refractivity contribution in [3.8, 4) is 0 Å². The van der Waals surface area contributed by atoms with Gasteiger partial charge in [0.1, 0.15) is 5.54 Å². The Kier molecular flexibility index (Phi) is 4.33. The number of likely N-dealkylation sites (tertiary alicyclic amines) is 1. The molecule has 0 bridgehead atoms. The maximum atomic E-state index is 12.3. The lowest BCUT2D eigenvalue weighted by Gasteiger charge is -2.30. The lowest BCUT2D eigenvalue weighted by molar-refractivity contribution is -0.145. The van der Waals surface area contributed by atoms with Crippen molar-refractivity contribution in [1.29, 1.82) is 0 Å². The van der Waals surface area contributed by atoms with Gasteiger partial charge in [0.25, 0.3) is 0 Å². The molecule has 1 heterocycles. The molecule has 2 rings (SSSR count). The topological polar surface area (TPSA) is 41.6 Å². The zero-order valence-corrected chi connectivity index (χ0v) is 12.8. The average Bonchev–Trinajstić information content (AvgIpc) is 2.83. The quantitative estimate of drug-likeness (QED) is 0.858. The van der Waals surface area contributed by atoms with E-state index < -0.39 is 5.54 Å². The number of nitrogens with zero attached hydrogens (tertiary/aromatic N) is 1. The van der Waals surface area contributed by atoms with Gasteiger partial charge >= 0.3 is 5.97 Å². The molecular weight excluding hydrogens is 252 g/mol. The molecular formula is C16H24N2O2. The van der Waals surface area contributed by atoms with E-state index in [1.165, 1.54) is 12.7 Å². The molecule has 1 atom stereocenters. The van der Waals surface area contributed by atoms with E-state index in [2.05, 4.69) is 30.1 Å². The van der Waals surface area contributed by atoms with Crippen LogP contribution in [0.1, 0.15) is 25.8 Å². The molecule has 0 amide bonds. The highest BCUT2D eigenvalue weighted by Crippen LogP contribution is 2.29. The predicted octanol–water partition coefficient (Wildman–Crippen LogP) is 2.43. The van der Waals surface area contributed by atoms with Crippen molar-refractivity contribution in [3.63, 3.8) is 0 Å². The van der Waals surface area contributed by atoms with Crippen molar-refractivity contribution in [1.82, 2.24) is 4.90 Å². The summed E-state index contributed by atoms with van der Waals surface area (Å²) < 4.78 is 5.04. The number of hydrogen-bond acceptors (Lipinski definition) is 4. The Balaban J connectivity index is 2.23. The van der Waals surface area contributed by atoms with Gasteiger partial charge in [0, 0.05) is 24.8 Å². The highest BCUT2D eigenvalue weighted by Gasteiger charge is 2.46. The van der Waals surface area contributed by atoms with Crippen LogP contribution in [0.3, 0.4) is 0 Å². The van der Waals surface area contributed by atoms with Gasteiger partial charge in [0.2, 0.25) is 0 Å². The van der Waals surface area contributed by atoms with Crippen molar-refractivity contribution in [3.05, 3.63) is 29.8 Å². The number of ether oxygens (including phenoxy) is 1. The third kappa shape index (κ3) is 2.96. The number of methoxy groups -OCH3 is 1. The SMILES string of the molecule is COC(=O)C1(Nc2cccc(C)c2)CCN(C(C)C)C1. The first-order chi connectivity index (χ1) is 9.47. The van der Waals surface area contributed by atoms with Gasteiger partial charge in [-0.1, -0.05) is 12.1 Å². The summed E-state index contributed by atoms with van der Waals surface area (Å²) in [5.41, 5.74) is 1.52. The third-order valence-electron chi connectivity index (χ3n) is 4.01. The molecule has 4 nitrogen and oxygen atoms in total. The maximum absolute atomic E-state index is 12.3. The fourth-order valence-corrected chi connectivity index (χ4v) is 2.79. The molecule has 1 unspecified atom stereocenters. The molecule has 1 aliphatic rings. The minimum atomic E-state index is -0.632. The summed E-state index contributed by atoms with van der Waals surface area (Å²) in [7, 11) is 1.46. The van der Waals surface area contributed by atoms with Crippen molar-refractivity contribution in [2.24, 2.45) is 0 Å². The normalized spacial score (nSPS) is 23.1. The van der Waals surface area contributed by atoms with Crippen LogP contribution in [-0.2, 0) is 9.53 Å². The van der Waals surface area contributed by atoms with Crippen LogP contribution in [-0.4, -0.2) is 42.6 Å². The summed E-state index contributed by atoms with van der Waals surface area (Å²) in [5, 5.41) is 3.41. The average molecular weight is 276 g/mol. The van der Waals surface area contributed by atoms with Crippen molar-refractivity contribution >= 4 is 11.7 Å². The summed E-state index contributed by atoms with van der Waals surface area (Å²) in [6.07, 6.45) is 0.770. The Labute approximate surface area is 121 Å². The number of nitrogens with one attached hydrogen (secondary N) is 1. The second-order valence-corrected chi connectivity index (χ2v) is 5.88. The number of rotatable bonds is 4. The van der Waals surface area contributed by atoms with Crippen molar-refractivity contribution in [2.45, 2.75) is 38.8 Å². The van der Waals surface area contributed by atoms with Crippen LogP contribution in [0.15, 0.2) is 24.3 Å². The minimum absolute atomic E-state index is 0.179. The van der Waals surface area contributed by atoms with Crippen molar-refractivity contribution < 1.29 is 9.53 Å². The van der Waals surface area contributed by atoms with Crippen LogP contribution in [0.5, 0.6) is 0 Å². The Morgan fingerprint density at radius 1 is 1.45 bits per heavy atom. The fraction of sp³-hybridized carbons (Fsp3) is 0.562. The first kappa shape index (κ1) is 14.9. The van der Waals surface area contributed by atoms with E-state index in [1.54, 1.807) is 0 Å². The van der Waals surface area contributed by atoms with E-state index in [0.29, 0.717) is 12.6 Å². The van der Waals surface area contributed by atoms with Crippen LogP contribution in [0.25, 0.3) is 0 Å². The highest BCUT2D eigenvalue weighted by molar-refractivity contribution is 5.85. The van der Waals surface area contributed by atoms with Gasteiger partial charge in [0.15, 0.2) is 0 Å². The lowest BCUT2D eigenvalue weighted by Crippen LogP contribution is -2.50. The van der Waals surface area contributed by atoms with E-state index in [-0.39, 0.29) is 5.97 Å². The van der Waals surface area contributed by atoms with E-state index >= 15 is 0 Å². The summed E-state index contributed by atoms with van der Waals surface area (Å²) in [4.78, 5) is 14.6. The Morgan fingerprint density at radius 3 is 2.75 bits per heavy atom. The van der Waals surface area contributed by atoms with Gasteiger partial charge in [-0.05, 0) is 44.9 Å². The summed E-state index contributed by atoms with van der Waals surface area (Å²) in [6.45, 7) is 7.95. The zero-order chi connectivity index (χ0) is 14.8. The molecule has 0 aromatic heterocycles. The monoisotopic (exact) mass is 276 g/mol. The molecule has 0 saturated carbocycles. The standard InChI is InChI=1S/C16H24N2O2/c1-12(2)18-9-8-16(11-18,15(19)20-4)17-14-7-5-6-13(3)10-14/h5-7,10,12,17H,8-9,11H2,1-4H3. The first-order valence-electron chi connectivity index (χ1n) is 7.14. The third-order valence-corrected chi connectivity index (χ3v) is 4.01. The number of carbonyl (C=O) groups is 1. The number of esters is 1. The Hall–Kier alpha value is -1.55. The van der Waals surface area contributed by atoms with E-state index in [4.69, 9.17) is 4.74 Å². The van der Waals surface area contributed by atoms with Gasteiger partial charge in [0.05, 0.1) is 7.11 Å².